The van der Waals surface area contributed by atoms with Gasteiger partial charge in [-0.05, 0) is 38.4 Å². The molecule has 1 aromatic rings. The molecule has 0 atom stereocenters. The highest BCUT2D eigenvalue weighted by Gasteiger charge is 2.36. The molecule has 0 aromatic heterocycles. The van der Waals surface area contributed by atoms with Crippen molar-refractivity contribution < 1.29 is 9.90 Å². The van der Waals surface area contributed by atoms with E-state index < -0.39 is 11.4 Å². The lowest BCUT2D eigenvalue weighted by Crippen LogP contribution is -2.42. The molecule has 1 aliphatic heterocycles. The van der Waals surface area contributed by atoms with Crippen LogP contribution < -0.4 is 0 Å². The number of carboxylic acid groups (broad SMARTS) is 1. The Morgan fingerprint density at radius 1 is 1.29 bits per heavy atom. The van der Waals surface area contributed by atoms with Crippen LogP contribution in [-0.2, 0) is 11.3 Å². The van der Waals surface area contributed by atoms with Crippen molar-refractivity contribution in [2.45, 2.75) is 26.3 Å². The summed E-state index contributed by atoms with van der Waals surface area (Å²) < 4.78 is 0. The number of hydrogen-bond acceptors (Lipinski definition) is 2. The first-order valence-electron chi connectivity index (χ1n) is 6.10. The fourth-order valence-electron chi connectivity index (χ4n) is 2.26. The van der Waals surface area contributed by atoms with Gasteiger partial charge in [0.2, 0.25) is 0 Å². The van der Waals surface area contributed by atoms with Crippen molar-refractivity contribution >= 4 is 5.97 Å². The van der Waals surface area contributed by atoms with Gasteiger partial charge in [-0.25, -0.2) is 0 Å². The number of benzene rings is 1. The maximum Gasteiger partial charge on any atom is 0.309 e. The maximum absolute atomic E-state index is 11.1. The molecule has 0 spiro atoms. The van der Waals surface area contributed by atoms with Crippen LogP contribution in [-0.4, -0.2) is 29.1 Å². The fourth-order valence-corrected chi connectivity index (χ4v) is 2.26. The topological polar surface area (TPSA) is 40.5 Å². The molecule has 0 radical (unpaired) electrons. The molecule has 0 aliphatic carbocycles. The number of rotatable bonds is 3. The van der Waals surface area contributed by atoms with Crippen molar-refractivity contribution in [1.82, 2.24) is 4.90 Å². The molecule has 0 amide bonds. The van der Waals surface area contributed by atoms with Crippen LogP contribution in [0, 0.1) is 5.41 Å². The zero-order valence-corrected chi connectivity index (χ0v) is 10.2. The highest BCUT2D eigenvalue weighted by Crippen LogP contribution is 2.31. The number of piperidine rings is 1. The summed E-state index contributed by atoms with van der Waals surface area (Å²) in [6.07, 6.45) is 1.49. The van der Waals surface area contributed by atoms with Crippen LogP contribution in [0.3, 0.4) is 0 Å². The van der Waals surface area contributed by atoms with Crippen LogP contribution in [0.15, 0.2) is 30.3 Å². The molecule has 1 aliphatic rings. The van der Waals surface area contributed by atoms with Gasteiger partial charge >= 0.3 is 5.97 Å². The average Bonchev–Trinajstić information content (AvgIpc) is 2.33. The number of aliphatic carboxylic acids is 1. The summed E-state index contributed by atoms with van der Waals surface area (Å²) in [7, 11) is 0. The highest BCUT2D eigenvalue weighted by molar-refractivity contribution is 5.74. The third-order valence-corrected chi connectivity index (χ3v) is 3.72. The van der Waals surface area contributed by atoms with Gasteiger partial charge < -0.3 is 5.11 Å². The number of carbonyl (C=O) groups is 1. The Balaban J connectivity index is 1.90. The van der Waals surface area contributed by atoms with Gasteiger partial charge in [0.05, 0.1) is 5.41 Å². The van der Waals surface area contributed by atoms with Crippen LogP contribution in [0.25, 0.3) is 0 Å². The van der Waals surface area contributed by atoms with Crippen LogP contribution in [0.4, 0.5) is 0 Å². The van der Waals surface area contributed by atoms with E-state index in [9.17, 15) is 4.79 Å². The molecule has 2 rings (SSSR count). The summed E-state index contributed by atoms with van der Waals surface area (Å²) in [5.74, 6) is -0.656. The summed E-state index contributed by atoms with van der Waals surface area (Å²) in [4.78, 5) is 13.5. The SMILES string of the molecule is CC1(C(=O)O)CCN(Cc2ccccc2)CC1. The largest absolute Gasteiger partial charge is 0.481 e. The lowest BCUT2D eigenvalue weighted by atomic mass is 9.80. The average molecular weight is 233 g/mol. The second-order valence-corrected chi connectivity index (χ2v) is 5.13. The molecule has 1 fully saturated rings. The van der Waals surface area contributed by atoms with E-state index in [0.29, 0.717) is 0 Å². The first-order valence-corrected chi connectivity index (χ1v) is 6.10. The molecule has 0 bridgehead atoms. The molecule has 1 saturated heterocycles. The number of likely N-dealkylation sites (tertiary alicyclic amines) is 1. The van der Waals surface area contributed by atoms with Crippen molar-refractivity contribution in [3.8, 4) is 0 Å². The Kier molecular flexibility index (Phi) is 3.48. The molecule has 1 N–H and O–H groups in total. The molecular weight excluding hydrogens is 214 g/mol. The summed E-state index contributed by atoms with van der Waals surface area (Å²) in [5.41, 5.74) is 0.777. The predicted molar refractivity (Wildman–Crippen MR) is 66.7 cm³/mol. The van der Waals surface area contributed by atoms with E-state index in [2.05, 4.69) is 17.0 Å². The van der Waals surface area contributed by atoms with E-state index in [-0.39, 0.29) is 0 Å². The Labute approximate surface area is 102 Å². The summed E-state index contributed by atoms with van der Waals surface area (Å²) in [6.45, 7) is 4.53. The van der Waals surface area contributed by atoms with E-state index in [4.69, 9.17) is 5.11 Å². The van der Waals surface area contributed by atoms with Crippen molar-refractivity contribution in [2.24, 2.45) is 5.41 Å². The molecule has 1 heterocycles. The minimum Gasteiger partial charge on any atom is -0.481 e. The first-order chi connectivity index (χ1) is 8.10. The highest BCUT2D eigenvalue weighted by atomic mass is 16.4. The van der Waals surface area contributed by atoms with E-state index >= 15 is 0 Å². The number of carboxylic acids is 1. The van der Waals surface area contributed by atoms with Gasteiger partial charge in [0, 0.05) is 6.54 Å². The van der Waals surface area contributed by atoms with Gasteiger partial charge in [0.1, 0.15) is 0 Å². The van der Waals surface area contributed by atoms with Crippen LogP contribution >= 0.6 is 0 Å². The molecule has 0 saturated carbocycles. The third-order valence-electron chi connectivity index (χ3n) is 3.72. The van der Waals surface area contributed by atoms with Crippen LogP contribution in [0.2, 0.25) is 0 Å². The minimum atomic E-state index is -0.656. The van der Waals surface area contributed by atoms with E-state index in [1.807, 2.05) is 25.1 Å². The standard InChI is InChI=1S/C14H19NO2/c1-14(13(16)17)7-9-15(10-8-14)11-12-5-3-2-4-6-12/h2-6H,7-11H2,1H3,(H,16,17). The molecule has 3 nitrogen and oxygen atoms in total. The molecule has 92 valence electrons. The van der Waals surface area contributed by atoms with Gasteiger partial charge in [-0.2, -0.15) is 0 Å². The van der Waals surface area contributed by atoms with Crippen LogP contribution in [0.1, 0.15) is 25.3 Å². The van der Waals surface area contributed by atoms with Crippen molar-refractivity contribution in [2.75, 3.05) is 13.1 Å². The Morgan fingerprint density at radius 3 is 2.41 bits per heavy atom. The molecule has 0 unspecified atom stereocenters. The monoisotopic (exact) mass is 233 g/mol. The minimum absolute atomic E-state index is 0.521. The fraction of sp³-hybridized carbons (Fsp3) is 0.500. The number of nitrogens with zero attached hydrogens (tertiary/aromatic N) is 1. The normalized spacial score (nSPS) is 20.1. The van der Waals surface area contributed by atoms with Crippen molar-refractivity contribution in [1.29, 1.82) is 0 Å². The second kappa shape index (κ2) is 4.88. The summed E-state index contributed by atoms with van der Waals surface area (Å²) in [5, 5.41) is 9.15. The predicted octanol–water partition coefficient (Wildman–Crippen LogP) is 2.37. The van der Waals surface area contributed by atoms with E-state index in [0.717, 1.165) is 32.5 Å². The van der Waals surface area contributed by atoms with Gasteiger partial charge in [0.15, 0.2) is 0 Å². The quantitative estimate of drug-likeness (QED) is 0.871. The summed E-state index contributed by atoms with van der Waals surface area (Å²) >= 11 is 0. The van der Waals surface area contributed by atoms with Gasteiger partial charge in [-0.3, -0.25) is 9.69 Å². The lowest BCUT2D eigenvalue weighted by Gasteiger charge is -2.36. The zero-order valence-electron chi connectivity index (χ0n) is 10.2. The molecule has 3 heteroatoms. The van der Waals surface area contributed by atoms with Crippen molar-refractivity contribution in [3.63, 3.8) is 0 Å². The van der Waals surface area contributed by atoms with E-state index in [1.165, 1.54) is 5.56 Å². The van der Waals surface area contributed by atoms with Gasteiger partial charge in [-0.15, -0.1) is 0 Å². The molecule has 17 heavy (non-hydrogen) atoms. The maximum atomic E-state index is 11.1. The summed E-state index contributed by atoms with van der Waals surface area (Å²) in [6, 6.07) is 10.3. The molecule has 1 aromatic carbocycles. The van der Waals surface area contributed by atoms with Gasteiger partial charge in [0.25, 0.3) is 0 Å². The smallest absolute Gasteiger partial charge is 0.309 e. The third kappa shape index (κ3) is 2.86. The van der Waals surface area contributed by atoms with Gasteiger partial charge in [-0.1, -0.05) is 30.3 Å². The Hall–Kier alpha value is -1.35. The van der Waals surface area contributed by atoms with Crippen LogP contribution in [0.5, 0.6) is 0 Å². The first kappa shape index (κ1) is 12.1. The van der Waals surface area contributed by atoms with Crippen molar-refractivity contribution in [3.05, 3.63) is 35.9 Å². The second-order valence-electron chi connectivity index (χ2n) is 5.13. The lowest BCUT2D eigenvalue weighted by molar-refractivity contribution is -0.150. The molecular formula is C14H19NO2. The van der Waals surface area contributed by atoms with E-state index in [1.54, 1.807) is 0 Å². The zero-order chi connectivity index (χ0) is 12.3. The number of hydrogen-bond donors (Lipinski definition) is 1. The Bertz CT molecular complexity index is 380. The Morgan fingerprint density at radius 2 is 1.88 bits per heavy atom.